The molecule has 1 heterocycles. The Bertz CT molecular complexity index is 555. The van der Waals surface area contributed by atoms with Crippen LogP contribution in [-0.4, -0.2) is 28.1 Å². The van der Waals surface area contributed by atoms with Gasteiger partial charge in [-0.2, -0.15) is 0 Å². The second-order valence-corrected chi connectivity index (χ2v) is 6.21. The van der Waals surface area contributed by atoms with Gasteiger partial charge in [0.2, 0.25) is 10.0 Å². The number of ether oxygens (including phenoxy) is 1. The summed E-state index contributed by atoms with van der Waals surface area (Å²) in [5, 5.41) is 3.20. The highest BCUT2D eigenvalue weighted by Crippen LogP contribution is 2.16. The fourth-order valence-electron chi connectivity index (χ4n) is 1.86. The molecule has 0 aromatic heterocycles. The standard InChI is InChI=1S/C13H18N2O3S/c1-14-19(16,17)13-7-4-5-11(9-13)15-10-12-6-2-3-8-18-12/h3-5,7-9,12,14-15H,2,6,10H2,1H3. The van der Waals surface area contributed by atoms with Crippen LogP contribution in [-0.2, 0) is 14.8 Å². The Morgan fingerprint density at radius 1 is 1.42 bits per heavy atom. The molecule has 1 aromatic carbocycles. The molecule has 104 valence electrons. The maximum Gasteiger partial charge on any atom is 0.240 e. The maximum absolute atomic E-state index is 11.7. The largest absolute Gasteiger partial charge is 0.497 e. The van der Waals surface area contributed by atoms with E-state index in [4.69, 9.17) is 4.74 Å². The van der Waals surface area contributed by atoms with Gasteiger partial charge in [-0.15, -0.1) is 0 Å². The zero-order valence-electron chi connectivity index (χ0n) is 10.8. The van der Waals surface area contributed by atoms with Crippen LogP contribution in [0.25, 0.3) is 0 Å². The number of hydrogen-bond acceptors (Lipinski definition) is 4. The third-order valence-electron chi connectivity index (χ3n) is 2.97. The average Bonchev–Trinajstić information content (AvgIpc) is 2.46. The molecule has 6 heteroatoms. The lowest BCUT2D eigenvalue weighted by Crippen LogP contribution is -2.23. The van der Waals surface area contributed by atoms with Gasteiger partial charge in [0.15, 0.2) is 0 Å². The summed E-state index contributed by atoms with van der Waals surface area (Å²) in [6.07, 6.45) is 5.84. The summed E-state index contributed by atoms with van der Waals surface area (Å²) in [6, 6.07) is 6.74. The van der Waals surface area contributed by atoms with Gasteiger partial charge in [-0.25, -0.2) is 13.1 Å². The van der Waals surface area contributed by atoms with E-state index >= 15 is 0 Å². The van der Waals surface area contributed by atoms with E-state index in [0.29, 0.717) is 6.54 Å². The van der Waals surface area contributed by atoms with Crippen molar-refractivity contribution >= 4 is 15.7 Å². The monoisotopic (exact) mass is 282 g/mol. The van der Waals surface area contributed by atoms with E-state index in [1.54, 1.807) is 24.5 Å². The summed E-state index contributed by atoms with van der Waals surface area (Å²) < 4.78 is 31.1. The predicted molar refractivity (Wildman–Crippen MR) is 74.4 cm³/mol. The normalized spacial score (nSPS) is 18.9. The zero-order valence-corrected chi connectivity index (χ0v) is 11.6. The van der Waals surface area contributed by atoms with Crippen molar-refractivity contribution in [1.29, 1.82) is 0 Å². The molecule has 1 aromatic rings. The SMILES string of the molecule is CNS(=O)(=O)c1cccc(NCC2CCC=CO2)c1. The van der Waals surface area contributed by atoms with Crippen molar-refractivity contribution in [2.24, 2.45) is 0 Å². The van der Waals surface area contributed by atoms with Crippen LogP contribution < -0.4 is 10.0 Å². The summed E-state index contributed by atoms with van der Waals surface area (Å²) in [7, 11) is -2.00. The van der Waals surface area contributed by atoms with Crippen LogP contribution in [0, 0.1) is 0 Å². The molecular weight excluding hydrogens is 264 g/mol. The Kier molecular flexibility index (Phi) is 4.44. The Balaban J connectivity index is 2.01. The van der Waals surface area contributed by atoms with Gasteiger partial charge in [0, 0.05) is 5.69 Å². The number of allylic oxidation sites excluding steroid dienone is 1. The molecule has 0 bridgehead atoms. The van der Waals surface area contributed by atoms with Crippen LogP contribution in [0.2, 0.25) is 0 Å². The van der Waals surface area contributed by atoms with Gasteiger partial charge >= 0.3 is 0 Å². The topological polar surface area (TPSA) is 67.4 Å². The minimum atomic E-state index is -3.40. The molecule has 1 unspecified atom stereocenters. The van der Waals surface area contributed by atoms with Crippen LogP contribution >= 0.6 is 0 Å². The first-order chi connectivity index (χ1) is 9.12. The number of anilines is 1. The molecule has 0 radical (unpaired) electrons. The Hall–Kier alpha value is -1.53. The van der Waals surface area contributed by atoms with Crippen molar-refractivity contribution in [1.82, 2.24) is 4.72 Å². The number of nitrogens with one attached hydrogen (secondary N) is 2. The quantitative estimate of drug-likeness (QED) is 0.862. The average molecular weight is 282 g/mol. The van der Waals surface area contributed by atoms with Crippen molar-refractivity contribution in [2.45, 2.75) is 23.8 Å². The first kappa shape index (κ1) is 13.9. The highest BCUT2D eigenvalue weighted by Gasteiger charge is 2.13. The van der Waals surface area contributed by atoms with E-state index in [0.717, 1.165) is 18.5 Å². The van der Waals surface area contributed by atoms with E-state index in [-0.39, 0.29) is 11.0 Å². The van der Waals surface area contributed by atoms with Crippen LogP contribution in [0.15, 0.2) is 41.5 Å². The third-order valence-corrected chi connectivity index (χ3v) is 4.38. The lowest BCUT2D eigenvalue weighted by Gasteiger charge is -2.20. The maximum atomic E-state index is 11.7. The van der Waals surface area contributed by atoms with Gasteiger partial charge in [-0.1, -0.05) is 6.07 Å². The minimum Gasteiger partial charge on any atom is -0.497 e. The molecule has 1 aliphatic rings. The molecule has 2 N–H and O–H groups in total. The van der Waals surface area contributed by atoms with Gasteiger partial charge in [0.1, 0.15) is 6.10 Å². The number of rotatable bonds is 5. The second-order valence-electron chi connectivity index (χ2n) is 4.32. The van der Waals surface area contributed by atoms with Crippen LogP contribution in [0.3, 0.4) is 0 Å². The first-order valence-corrected chi connectivity index (χ1v) is 7.68. The summed E-state index contributed by atoms with van der Waals surface area (Å²) in [5.41, 5.74) is 0.773. The van der Waals surface area contributed by atoms with E-state index in [1.165, 1.54) is 7.05 Å². The number of hydrogen-bond donors (Lipinski definition) is 2. The molecule has 0 aliphatic carbocycles. The molecule has 0 amide bonds. The van der Waals surface area contributed by atoms with E-state index < -0.39 is 10.0 Å². The molecule has 0 spiro atoms. The number of benzene rings is 1. The molecule has 1 atom stereocenters. The van der Waals surface area contributed by atoms with E-state index in [9.17, 15) is 8.42 Å². The van der Waals surface area contributed by atoms with Crippen molar-refractivity contribution in [2.75, 3.05) is 18.9 Å². The van der Waals surface area contributed by atoms with Gasteiger partial charge in [0.25, 0.3) is 0 Å². The number of sulfonamides is 1. The molecule has 19 heavy (non-hydrogen) atoms. The summed E-state index contributed by atoms with van der Waals surface area (Å²) in [5.74, 6) is 0. The fourth-order valence-corrected chi connectivity index (χ4v) is 2.63. The molecule has 1 aliphatic heterocycles. The van der Waals surface area contributed by atoms with Gasteiger partial charge in [0.05, 0.1) is 17.7 Å². The predicted octanol–water partition coefficient (Wildman–Crippen LogP) is 1.70. The van der Waals surface area contributed by atoms with Crippen molar-refractivity contribution in [3.8, 4) is 0 Å². The van der Waals surface area contributed by atoms with Crippen molar-refractivity contribution in [3.05, 3.63) is 36.6 Å². The Morgan fingerprint density at radius 3 is 2.95 bits per heavy atom. The second kappa shape index (κ2) is 6.08. The van der Waals surface area contributed by atoms with Crippen LogP contribution in [0.1, 0.15) is 12.8 Å². The van der Waals surface area contributed by atoms with E-state index in [2.05, 4.69) is 10.0 Å². The smallest absolute Gasteiger partial charge is 0.240 e. The Morgan fingerprint density at radius 2 is 2.26 bits per heavy atom. The molecule has 2 rings (SSSR count). The van der Waals surface area contributed by atoms with Gasteiger partial charge < -0.3 is 10.1 Å². The van der Waals surface area contributed by atoms with Crippen LogP contribution in [0.5, 0.6) is 0 Å². The summed E-state index contributed by atoms with van der Waals surface area (Å²) >= 11 is 0. The highest BCUT2D eigenvalue weighted by molar-refractivity contribution is 7.89. The van der Waals surface area contributed by atoms with Crippen molar-refractivity contribution in [3.63, 3.8) is 0 Å². The van der Waals surface area contributed by atoms with Gasteiger partial charge in [-0.05, 0) is 44.2 Å². The summed E-state index contributed by atoms with van der Waals surface area (Å²) in [6.45, 7) is 0.660. The molecule has 5 nitrogen and oxygen atoms in total. The molecule has 0 fully saturated rings. The van der Waals surface area contributed by atoms with Crippen LogP contribution in [0.4, 0.5) is 5.69 Å². The van der Waals surface area contributed by atoms with Gasteiger partial charge in [-0.3, -0.25) is 0 Å². The third kappa shape index (κ3) is 3.71. The molecule has 0 saturated heterocycles. The lowest BCUT2D eigenvalue weighted by atomic mass is 10.1. The zero-order chi connectivity index (χ0) is 13.7. The molecule has 0 saturated carbocycles. The first-order valence-electron chi connectivity index (χ1n) is 6.20. The summed E-state index contributed by atoms with van der Waals surface area (Å²) in [4.78, 5) is 0.254. The Labute approximate surface area is 113 Å². The highest BCUT2D eigenvalue weighted by atomic mass is 32.2. The van der Waals surface area contributed by atoms with E-state index in [1.807, 2.05) is 12.1 Å². The fraction of sp³-hybridized carbons (Fsp3) is 0.385. The van der Waals surface area contributed by atoms with Crippen molar-refractivity contribution < 1.29 is 13.2 Å². The molecular formula is C13H18N2O3S. The minimum absolute atomic E-state index is 0.134. The lowest BCUT2D eigenvalue weighted by molar-refractivity contribution is 0.135.